The second-order valence-electron chi connectivity index (χ2n) is 8.13. The molecule has 5 heteroatoms. The van der Waals surface area contributed by atoms with Crippen molar-refractivity contribution >= 4 is 6.09 Å². The lowest BCUT2D eigenvalue weighted by atomic mass is 9.88. The van der Waals surface area contributed by atoms with Crippen LogP contribution in [0, 0.1) is 16.7 Å². The van der Waals surface area contributed by atoms with E-state index in [1.165, 1.54) is 0 Å². The van der Waals surface area contributed by atoms with E-state index in [1.54, 1.807) is 4.90 Å². The van der Waals surface area contributed by atoms with E-state index in [-0.39, 0.29) is 17.1 Å². The first-order chi connectivity index (χ1) is 10.7. The van der Waals surface area contributed by atoms with E-state index in [0.717, 1.165) is 32.1 Å². The highest BCUT2D eigenvalue weighted by molar-refractivity contribution is 5.68. The number of hydrogen-bond acceptors (Lipinski definition) is 4. The van der Waals surface area contributed by atoms with Crippen LogP contribution in [-0.4, -0.2) is 41.9 Å². The number of likely N-dealkylation sites (tertiary alicyclic amines) is 1. The van der Waals surface area contributed by atoms with Crippen LogP contribution < -0.4 is 0 Å². The summed E-state index contributed by atoms with van der Waals surface area (Å²) in [6, 6.07) is 2.28. The molecule has 0 N–H and O–H groups in total. The maximum absolute atomic E-state index is 12.2. The summed E-state index contributed by atoms with van der Waals surface area (Å²) < 4.78 is 11.7. The van der Waals surface area contributed by atoms with Crippen LogP contribution in [0.5, 0.6) is 0 Å². The normalized spacial score (nSPS) is 22.3. The number of piperidine rings is 1. The minimum absolute atomic E-state index is 0.110. The summed E-state index contributed by atoms with van der Waals surface area (Å²) in [5.74, 6) is 0. The molecule has 5 nitrogen and oxygen atoms in total. The summed E-state index contributed by atoms with van der Waals surface area (Å²) in [4.78, 5) is 13.9. The first-order valence-corrected chi connectivity index (χ1v) is 8.72. The Labute approximate surface area is 139 Å². The van der Waals surface area contributed by atoms with Gasteiger partial charge in [0.15, 0.2) is 0 Å². The van der Waals surface area contributed by atoms with Crippen LogP contribution in [-0.2, 0) is 9.47 Å². The molecule has 0 aromatic rings. The number of hydrogen-bond donors (Lipinski definition) is 0. The number of ether oxygens (including phenoxy) is 2. The van der Waals surface area contributed by atoms with Crippen molar-refractivity contribution < 1.29 is 14.3 Å². The number of nitriles is 1. The third-order valence-corrected chi connectivity index (χ3v) is 5.07. The highest BCUT2D eigenvalue weighted by Crippen LogP contribution is 2.50. The predicted molar refractivity (Wildman–Crippen MR) is 87.9 cm³/mol. The third-order valence-electron chi connectivity index (χ3n) is 5.07. The van der Waals surface area contributed by atoms with Crippen LogP contribution in [0.1, 0.15) is 66.2 Å². The second-order valence-corrected chi connectivity index (χ2v) is 8.13. The van der Waals surface area contributed by atoms with Crippen LogP contribution in [0.3, 0.4) is 0 Å². The number of rotatable bonds is 5. The molecular weight excluding hydrogens is 292 g/mol. The molecule has 1 aliphatic heterocycles. The molecule has 130 valence electrons. The van der Waals surface area contributed by atoms with Gasteiger partial charge >= 0.3 is 6.09 Å². The van der Waals surface area contributed by atoms with Gasteiger partial charge in [-0.1, -0.05) is 6.92 Å². The zero-order valence-corrected chi connectivity index (χ0v) is 15.0. The van der Waals surface area contributed by atoms with Gasteiger partial charge in [0.1, 0.15) is 5.60 Å². The predicted octanol–water partition coefficient (Wildman–Crippen LogP) is 3.88. The molecule has 23 heavy (non-hydrogen) atoms. The second kappa shape index (κ2) is 6.68. The summed E-state index contributed by atoms with van der Waals surface area (Å²) >= 11 is 0. The summed E-state index contributed by atoms with van der Waals surface area (Å²) in [7, 11) is 0. The maximum atomic E-state index is 12.2. The highest BCUT2D eigenvalue weighted by Gasteiger charge is 2.45. The Balaban J connectivity index is 1.85. The lowest BCUT2D eigenvalue weighted by Gasteiger charge is -2.42. The fraction of sp³-hybridized carbons (Fsp3) is 0.889. The molecule has 0 radical (unpaired) electrons. The molecule has 0 aromatic heterocycles. The molecule has 2 aliphatic rings. The molecule has 2 fully saturated rings. The number of carbonyl (C=O) groups is 1. The van der Waals surface area contributed by atoms with Gasteiger partial charge in [-0.15, -0.1) is 0 Å². The topological polar surface area (TPSA) is 62.6 Å². The van der Waals surface area contributed by atoms with Gasteiger partial charge in [0.2, 0.25) is 0 Å². The van der Waals surface area contributed by atoms with Gasteiger partial charge in [0.25, 0.3) is 0 Å². The van der Waals surface area contributed by atoms with E-state index < -0.39 is 5.60 Å². The summed E-state index contributed by atoms with van der Waals surface area (Å²) in [6.45, 7) is 9.84. The van der Waals surface area contributed by atoms with Gasteiger partial charge in [0, 0.05) is 24.9 Å². The smallest absolute Gasteiger partial charge is 0.410 e. The summed E-state index contributed by atoms with van der Waals surface area (Å²) in [6.07, 6.45) is 5.19. The maximum Gasteiger partial charge on any atom is 0.410 e. The fourth-order valence-corrected chi connectivity index (χ4v) is 3.05. The van der Waals surface area contributed by atoms with Crippen LogP contribution >= 0.6 is 0 Å². The first kappa shape index (κ1) is 18.1. The van der Waals surface area contributed by atoms with E-state index in [2.05, 4.69) is 13.0 Å². The number of amides is 1. The Morgan fingerprint density at radius 2 is 1.83 bits per heavy atom. The lowest BCUT2D eigenvalue weighted by molar-refractivity contribution is -0.101. The Hall–Kier alpha value is -1.28. The molecule has 1 saturated heterocycles. The van der Waals surface area contributed by atoms with Crippen LogP contribution in [0.2, 0.25) is 0 Å². The van der Waals surface area contributed by atoms with Crippen molar-refractivity contribution in [1.29, 1.82) is 5.26 Å². The third kappa shape index (κ3) is 4.84. The van der Waals surface area contributed by atoms with Gasteiger partial charge in [-0.05, 0) is 52.9 Å². The molecule has 0 aromatic carbocycles. The largest absolute Gasteiger partial charge is 0.444 e. The first-order valence-electron chi connectivity index (χ1n) is 8.72. The fourth-order valence-electron chi connectivity index (χ4n) is 3.05. The molecule has 2 rings (SSSR count). The minimum atomic E-state index is -0.456. The Kier molecular flexibility index (Phi) is 5.25. The quantitative estimate of drug-likeness (QED) is 0.770. The average Bonchev–Trinajstić information content (AvgIpc) is 3.24. The van der Waals surface area contributed by atoms with E-state index in [9.17, 15) is 4.79 Å². The monoisotopic (exact) mass is 322 g/mol. The molecule has 0 unspecified atom stereocenters. The molecule has 1 heterocycles. The summed E-state index contributed by atoms with van der Waals surface area (Å²) in [5, 5.41) is 8.93. The van der Waals surface area contributed by atoms with E-state index in [1.807, 2.05) is 20.8 Å². The summed E-state index contributed by atoms with van der Waals surface area (Å²) in [5.41, 5.74) is -0.495. The molecule has 1 aliphatic carbocycles. The van der Waals surface area contributed by atoms with Crippen molar-refractivity contribution in [2.75, 3.05) is 19.7 Å². The van der Waals surface area contributed by atoms with Gasteiger partial charge < -0.3 is 14.4 Å². The van der Waals surface area contributed by atoms with Crippen molar-refractivity contribution in [3.63, 3.8) is 0 Å². The molecule has 0 bridgehead atoms. The standard InChI is InChI=1S/C18H30N2O3/c1-5-18(22-14-17(6-7-17)8-11-19)9-12-20(13-10-18)15(21)23-16(2,3)4/h5-10,12-14H2,1-4H3. The Bertz CT molecular complexity index is 464. The average molecular weight is 322 g/mol. The van der Waals surface area contributed by atoms with Gasteiger partial charge in [-0.25, -0.2) is 4.79 Å². The number of nitrogens with zero attached hydrogens (tertiary/aromatic N) is 2. The van der Waals surface area contributed by atoms with Crippen molar-refractivity contribution in [3.05, 3.63) is 0 Å². The van der Waals surface area contributed by atoms with Gasteiger partial charge in [-0.2, -0.15) is 5.26 Å². The van der Waals surface area contributed by atoms with Crippen molar-refractivity contribution in [2.24, 2.45) is 5.41 Å². The minimum Gasteiger partial charge on any atom is -0.444 e. The van der Waals surface area contributed by atoms with Crippen molar-refractivity contribution in [1.82, 2.24) is 4.90 Å². The van der Waals surface area contributed by atoms with Gasteiger partial charge in [0.05, 0.1) is 18.3 Å². The molecule has 1 saturated carbocycles. The number of carbonyl (C=O) groups excluding carboxylic acids is 1. The highest BCUT2D eigenvalue weighted by atomic mass is 16.6. The van der Waals surface area contributed by atoms with Crippen molar-refractivity contribution in [3.8, 4) is 6.07 Å². The van der Waals surface area contributed by atoms with Gasteiger partial charge in [-0.3, -0.25) is 0 Å². The Morgan fingerprint density at radius 1 is 1.22 bits per heavy atom. The molecule has 1 amide bonds. The van der Waals surface area contributed by atoms with E-state index in [0.29, 0.717) is 26.1 Å². The molecule has 0 atom stereocenters. The van der Waals surface area contributed by atoms with E-state index in [4.69, 9.17) is 14.7 Å². The Morgan fingerprint density at radius 3 is 2.26 bits per heavy atom. The SMILES string of the molecule is CCC1(OCC2(CC#N)CC2)CCN(C(=O)OC(C)(C)C)CC1. The van der Waals surface area contributed by atoms with Crippen LogP contribution in [0.4, 0.5) is 4.79 Å². The zero-order valence-electron chi connectivity index (χ0n) is 15.0. The lowest BCUT2D eigenvalue weighted by Crippen LogP contribution is -2.49. The van der Waals surface area contributed by atoms with Crippen molar-refractivity contribution in [2.45, 2.75) is 77.4 Å². The molecule has 0 spiro atoms. The molecular formula is C18H30N2O3. The van der Waals surface area contributed by atoms with Crippen LogP contribution in [0.25, 0.3) is 0 Å². The zero-order chi connectivity index (χ0) is 17.1. The van der Waals surface area contributed by atoms with Crippen LogP contribution in [0.15, 0.2) is 0 Å². The van der Waals surface area contributed by atoms with E-state index >= 15 is 0 Å².